The first-order chi connectivity index (χ1) is 9.11. The molecule has 4 heteroatoms. The summed E-state index contributed by atoms with van der Waals surface area (Å²) in [5, 5.41) is 12.2. The molecule has 1 heterocycles. The number of nitrogens with one attached hydrogen (secondary N) is 1. The number of aryl methyl sites for hydroxylation is 2. The summed E-state index contributed by atoms with van der Waals surface area (Å²) >= 11 is 0. The molecule has 0 atom stereocenters. The van der Waals surface area contributed by atoms with E-state index in [-0.39, 0.29) is 5.76 Å². The molecule has 0 radical (unpaired) electrons. The lowest BCUT2D eigenvalue weighted by molar-refractivity contribution is 0.0659. The van der Waals surface area contributed by atoms with E-state index in [1.807, 2.05) is 18.2 Å². The van der Waals surface area contributed by atoms with Gasteiger partial charge in [0.2, 0.25) is 5.76 Å². The summed E-state index contributed by atoms with van der Waals surface area (Å²) in [5.74, 6) is -0.390. The fourth-order valence-electron chi connectivity index (χ4n) is 2.03. The van der Waals surface area contributed by atoms with Gasteiger partial charge in [-0.3, -0.25) is 0 Å². The van der Waals surface area contributed by atoms with Crippen molar-refractivity contribution >= 4 is 11.7 Å². The molecule has 2 aromatic rings. The van der Waals surface area contributed by atoms with Crippen molar-refractivity contribution in [3.8, 4) is 0 Å². The van der Waals surface area contributed by atoms with Crippen molar-refractivity contribution in [1.82, 2.24) is 0 Å². The number of anilines is 1. The van der Waals surface area contributed by atoms with E-state index in [1.54, 1.807) is 13.0 Å². The lowest BCUT2D eigenvalue weighted by Gasteiger charge is -2.09. The standard InChI is InChI=1S/C15H17NO3/c1-3-11-6-4-5-7-13(11)16-9-12-8-10(2)14(19-12)15(17)18/h4-8,16H,3,9H2,1-2H3,(H,17,18). The van der Waals surface area contributed by atoms with E-state index >= 15 is 0 Å². The van der Waals surface area contributed by atoms with Gasteiger partial charge in [0.1, 0.15) is 5.76 Å². The van der Waals surface area contributed by atoms with Crippen molar-refractivity contribution in [1.29, 1.82) is 0 Å². The van der Waals surface area contributed by atoms with Crippen LogP contribution in [0, 0.1) is 6.92 Å². The molecule has 4 nitrogen and oxygen atoms in total. The van der Waals surface area contributed by atoms with Gasteiger partial charge in [0.25, 0.3) is 0 Å². The molecule has 1 aromatic carbocycles. The van der Waals surface area contributed by atoms with Crippen molar-refractivity contribution < 1.29 is 14.3 Å². The van der Waals surface area contributed by atoms with Crippen molar-refractivity contribution in [2.45, 2.75) is 26.8 Å². The molecule has 0 aliphatic carbocycles. The van der Waals surface area contributed by atoms with Crippen molar-refractivity contribution in [3.63, 3.8) is 0 Å². The van der Waals surface area contributed by atoms with Gasteiger partial charge in [-0.25, -0.2) is 4.79 Å². The fourth-order valence-corrected chi connectivity index (χ4v) is 2.03. The number of carboxylic acids is 1. The second-order valence-electron chi connectivity index (χ2n) is 4.39. The molecule has 19 heavy (non-hydrogen) atoms. The predicted octanol–water partition coefficient (Wildman–Crippen LogP) is 3.46. The van der Waals surface area contributed by atoms with Crippen LogP contribution in [0.1, 0.15) is 34.4 Å². The Hall–Kier alpha value is -2.23. The van der Waals surface area contributed by atoms with Crippen molar-refractivity contribution in [2.75, 3.05) is 5.32 Å². The van der Waals surface area contributed by atoms with Gasteiger partial charge in [-0.15, -0.1) is 0 Å². The van der Waals surface area contributed by atoms with Crippen LogP contribution in [0.25, 0.3) is 0 Å². The highest BCUT2D eigenvalue weighted by molar-refractivity contribution is 5.86. The number of aromatic carboxylic acids is 1. The van der Waals surface area contributed by atoms with Crippen LogP contribution < -0.4 is 5.32 Å². The molecule has 0 unspecified atom stereocenters. The molecule has 2 N–H and O–H groups in total. The van der Waals surface area contributed by atoms with Gasteiger partial charge in [0, 0.05) is 11.3 Å². The van der Waals surface area contributed by atoms with E-state index in [2.05, 4.69) is 18.3 Å². The Kier molecular flexibility index (Phi) is 3.90. The molecular weight excluding hydrogens is 242 g/mol. The van der Waals surface area contributed by atoms with Gasteiger partial charge < -0.3 is 14.8 Å². The minimum atomic E-state index is -1.03. The average Bonchev–Trinajstić information content (AvgIpc) is 2.78. The number of hydrogen-bond donors (Lipinski definition) is 2. The molecular formula is C15H17NO3. The van der Waals surface area contributed by atoms with Gasteiger partial charge in [-0.05, 0) is 31.0 Å². The SMILES string of the molecule is CCc1ccccc1NCc1cc(C)c(C(=O)O)o1. The summed E-state index contributed by atoms with van der Waals surface area (Å²) in [4.78, 5) is 10.9. The maximum Gasteiger partial charge on any atom is 0.372 e. The van der Waals surface area contributed by atoms with Gasteiger partial charge in [0.15, 0.2) is 0 Å². The third-order valence-corrected chi connectivity index (χ3v) is 3.01. The Morgan fingerprint density at radius 1 is 1.37 bits per heavy atom. The summed E-state index contributed by atoms with van der Waals surface area (Å²) in [7, 11) is 0. The summed E-state index contributed by atoms with van der Waals surface area (Å²) in [6.07, 6.45) is 0.945. The minimum absolute atomic E-state index is 0.0144. The topological polar surface area (TPSA) is 62.5 Å². The zero-order valence-electron chi connectivity index (χ0n) is 11.1. The zero-order chi connectivity index (χ0) is 13.8. The average molecular weight is 259 g/mol. The second kappa shape index (κ2) is 5.61. The molecule has 0 aliphatic heterocycles. The lowest BCUT2D eigenvalue weighted by atomic mass is 10.1. The van der Waals surface area contributed by atoms with E-state index < -0.39 is 5.97 Å². The minimum Gasteiger partial charge on any atom is -0.475 e. The third-order valence-electron chi connectivity index (χ3n) is 3.01. The second-order valence-corrected chi connectivity index (χ2v) is 4.39. The molecule has 0 saturated carbocycles. The van der Waals surface area contributed by atoms with E-state index in [1.165, 1.54) is 5.56 Å². The molecule has 0 spiro atoms. The first kappa shape index (κ1) is 13.2. The number of furan rings is 1. The number of rotatable bonds is 5. The van der Waals surface area contributed by atoms with Gasteiger partial charge >= 0.3 is 5.97 Å². The molecule has 1 aromatic heterocycles. The zero-order valence-corrected chi connectivity index (χ0v) is 11.1. The molecule has 0 saturated heterocycles. The Labute approximate surface area is 112 Å². The smallest absolute Gasteiger partial charge is 0.372 e. The van der Waals surface area contributed by atoms with E-state index in [9.17, 15) is 4.79 Å². The van der Waals surface area contributed by atoms with Crippen LogP contribution in [0.3, 0.4) is 0 Å². The van der Waals surface area contributed by atoms with Crippen LogP contribution in [0.2, 0.25) is 0 Å². The number of benzene rings is 1. The van der Waals surface area contributed by atoms with Gasteiger partial charge in [-0.2, -0.15) is 0 Å². The predicted molar refractivity (Wildman–Crippen MR) is 73.6 cm³/mol. The number of para-hydroxylation sites is 1. The Bertz CT molecular complexity index is 587. The fraction of sp³-hybridized carbons (Fsp3) is 0.267. The molecule has 0 aliphatic rings. The molecule has 0 fully saturated rings. The number of hydrogen-bond acceptors (Lipinski definition) is 3. The van der Waals surface area contributed by atoms with Crippen LogP contribution in [-0.2, 0) is 13.0 Å². The van der Waals surface area contributed by atoms with Crippen LogP contribution in [-0.4, -0.2) is 11.1 Å². The third kappa shape index (κ3) is 2.96. The van der Waals surface area contributed by atoms with Crippen LogP contribution in [0.5, 0.6) is 0 Å². The summed E-state index contributed by atoms with van der Waals surface area (Å²) in [5.41, 5.74) is 2.92. The van der Waals surface area contributed by atoms with E-state index in [4.69, 9.17) is 9.52 Å². The van der Waals surface area contributed by atoms with Crippen LogP contribution >= 0.6 is 0 Å². The molecule has 0 amide bonds. The molecule has 100 valence electrons. The maximum absolute atomic E-state index is 10.9. The highest BCUT2D eigenvalue weighted by atomic mass is 16.4. The largest absolute Gasteiger partial charge is 0.475 e. The van der Waals surface area contributed by atoms with Crippen molar-refractivity contribution in [2.24, 2.45) is 0 Å². The first-order valence-corrected chi connectivity index (χ1v) is 6.26. The van der Waals surface area contributed by atoms with Crippen LogP contribution in [0.15, 0.2) is 34.7 Å². The van der Waals surface area contributed by atoms with E-state index in [0.29, 0.717) is 17.9 Å². The highest BCUT2D eigenvalue weighted by Crippen LogP contribution is 2.19. The molecule has 2 rings (SSSR count). The van der Waals surface area contributed by atoms with Crippen LogP contribution in [0.4, 0.5) is 5.69 Å². The first-order valence-electron chi connectivity index (χ1n) is 6.26. The summed E-state index contributed by atoms with van der Waals surface area (Å²) in [6.45, 7) is 4.31. The lowest BCUT2D eigenvalue weighted by Crippen LogP contribution is -2.01. The highest BCUT2D eigenvalue weighted by Gasteiger charge is 2.14. The Balaban J connectivity index is 2.10. The van der Waals surface area contributed by atoms with Gasteiger partial charge in [-0.1, -0.05) is 25.1 Å². The van der Waals surface area contributed by atoms with Crippen molar-refractivity contribution in [3.05, 3.63) is 53.0 Å². The summed E-state index contributed by atoms with van der Waals surface area (Å²) < 4.78 is 5.31. The normalized spacial score (nSPS) is 10.4. The monoisotopic (exact) mass is 259 g/mol. The maximum atomic E-state index is 10.9. The Morgan fingerprint density at radius 3 is 2.74 bits per heavy atom. The quantitative estimate of drug-likeness (QED) is 0.863. The molecule has 0 bridgehead atoms. The number of carboxylic acid groups (broad SMARTS) is 1. The Morgan fingerprint density at radius 2 is 2.11 bits per heavy atom. The van der Waals surface area contributed by atoms with Gasteiger partial charge in [0.05, 0.1) is 6.54 Å². The summed E-state index contributed by atoms with van der Waals surface area (Å²) in [6, 6.07) is 9.80. The van der Waals surface area contributed by atoms with E-state index in [0.717, 1.165) is 12.1 Å². The number of carbonyl (C=O) groups is 1.